The van der Waals surface area contributed by atoms with Crippen molar-refractivity contribution < 1.29 is 23.0 Å². The van der Waals surface area contributed by atoms with Crippen LogP contribution in [0.1, 0.15) is 34.1 Å². The lowest BCUT2D eigenvalue weighted by Crippen LogP contribution is -2.53. The van der Waals surface area contributed by atoms with Crippen molar-refractivity contribution in [1.82, 2.24) is 5.32 Å². The predicted octanol–water partition coefficient (Wildman–Crippen LogP) is 1.98. The van der Waals surface area contributed by atoms with Crippen molar-refractivity contribution in [3.8, 4) is 0 Å². The summed E-state index contributed by atoms with van der Waals surface area (Å²) in [5, 5.41) is 3.09. The minimum Gasteiger partial charge on any atom is -0.465 e. The number of alkyl halides is 2. The summed E-state index contributed by atoms with van der Waals surface area (Å²) in [6, 6.07) is 0.0782. The number of carbonyl (C=O) groups excluding carboxylic acids is 1. The first-order valence-corrected chi connectivity index (χ1v) is 6.12. The molecule has 0 saturated carbocycles. The molecule has 0 heterocycles. The molecule has 18 heavy (non-hydrogen) atoms. The molecule has 0 aromatic carbocycles. The van der Waals surface area contributed by atoms with Crippen molar-refractivity contribution in [2.75, 3.05) is 19.8 Å². The van der Waals surface area contributed by atoms with E-state index in [1.165, 1.54) is 0 Å². The average molecular weight is 267 g/mol. The van der Waals surface area contributed by atoms with Crippen molar-refractivity contribution in [2.45, 2.75) is 52.1 Å². The minimum atomic E-state index is -2.49. The van der Waals surface area contributed by atoms with Crippen LogP contribution in [0.4, 0.5) is 8.78 Å². The smallest absolute Gasteiger partial charge is 0.326 e. The summed E-state index contributed by atoms with van der Waals surface area (Å²) >= 11 is 0. The van der Waals surface area contributed by atoms with Gasteiger partial charge in [0.05, 0.1) is 6.61 Å². The summed E-state index contributed by atoms with van der Waals surface area (Å²) < 4.78 is 33.6. The lowest BCUT2D eigenvalue weighted by atomic mass is 9.97. The molecule has 0 bridgehead atoms. The highest BCUT2D eigenvalue weighted by molar-refractivity contribution is 5.80. The summed E-state index contributed by atoms with van der Waals surface area (Å²) in [7, 11) is 0. The molecule has 0 aromatic heterocycles. The van der Waals surface area contributed by atoms with Crippen LogP contribution in [0.3, 0.4) is 0 Å². The van der Waals surface area contributed by atoms with Crippen LogP contribution in [0.25, 0.3) is 0 Å². The molecule has 0 rings (SSSR count). The summed E-state index contributed by atoms with van der Waals surface area (Å²) in [6.07, 6.45) is -2.20. The first kappa shape index (κ1) is 17.2. The molecular formula is C12H23F2NO3. The Balaban J connectivity index is 4.33. The van der Waals surface area contributed by atoms with E-state index in [2.05, 4.69) is 5.32 Å². The molecule has 0 aliphatic heterocycles. The summed E-state index contributed by atoms with van der Waals surface area (Å²) in [5.41, 5.74) is -0.910. The van der Waals surface area contributed by atoms with Gasteiger partial charge in [-0.25, -0.2) is 8.78 Å². The van der Waals surface area contributed by atoms with Gasteiger partial charge in [0.25, 0.3) is 6.43 Å². The maximum absolute atomic E-state index is 11.9. The van der Waals surface area contributed by atoms with Gasteiger partial charge < -0.3 is 9.47 Å². The van der Waals surface area contributed by atoms with Crippen molar-refractivity contribution in [3.05, 3.63) is 0 Å². The Bertz CT molecular complexity index is 249. The number of ether oxygens (including phenoxy) is 2. The molecule has 1 atom stereocenters. The highest BCUT2D eigenvalue weighted by Crippen LogP contribution is 2.14. The van der Waals surface area contributed by atoms with Gasteiger partial charge in [0.15, 0.2) is 0 Å². The van der Waals surface area contributed by atoms with E-state index in [9.17, 15) is 13.6 Å². The topological polar surface area (TPSA) is 47.6 Å². The third-order valence-corrected chi connectivity index (χ3v) is 2.32. The minimum absolute atomic E-state index is 0.0782. The Morgan fingerprint density at radius 3 is 2.44 bits per heavy atom. The lowest BCUT2D eigenvalue weighted by molar-refractivity contribution is -0.151. The molecule has 0 amide bonds. The van der Waals surface area contributed by atoms with Crippen LogP contribution in [0.2, 0.25) is 0 Å². The standard InChI is InChI=1S/C12H23F2NO3/c1-5-18-11(16)12(4,15-9(2)3)6-7-17-8-10(13)14/h9-10,15H,5-8H2,1-4H3. The van der Waals surface area contributed by atoms with E-state index in [0.717, 1.165) is 0 Å². The summed E-state index contributed by atoms with van der Waals surface area (Å²) in [4.78, 5) is 11.8. The highest BCUT2D eigenvalue weighted by Gasteiger charge is 2.34. The monoisotopic (exact) mass is 267 g/mol. The molecule has 1 N–H and O–H groups in total. The molecule has 0 aliphatic rings. The maximum Gasteiger partial charge on any atom is 0.326 e. The second-order valence-corrected chi connectivity index (χ2v) is 4.57. The first-order chi connectivity index (χ1) is 8.31. The van der Waals surface area contributed by atoms with E-state index in [0.29, 0.717) is 0 Å². The fourth-order valence-electron chi connectivity index (χ4n) is 1.61. The molecule has 4 nitrogen and oxygen atoms in total. The number of esters is 1. The quantitative estimate of drug-likeness (QED) is 0.512. The molecule has 0 saturated heterocycles. The van der Waals surface area contributed by atoms with Gasteiger partial charge in [-0.3, -0.25) is 10.1 Å². The molecule has 0 aliphatic carbocycles. The lowest BCUT2D eigenvalue weighted by Gasteiger charge is -2.30. The van der Waals surface area contributed by atoms with Crippen molar-refractivity contribution in [2.24, 2.45) is 0 Å². The number of carbonyl (C=O) groups is 1. The summed E-state index contributed by atoms with van der Waals surface area (Å²) in [5.74, 6) is -0.389. The second-order valence-electron chi connectivity index (χ2n) is 4.57. The Morgan fingerprint density at radius 1 is 1.39 bits per heavy atom. The predicted molar refractivity (Wildman–Crippen MR) is 64.7 cm³/mol. The van der Waals surface area contributed by atoms with Crippen LogP contribution in [0, 0.1) is 0 Å². The first-order valence-electron chi connectivity index (χ1n) is 6.12. The van der Waals surface area contributed by atoms with Gasteiger partial charge in [0, 0.05) is 12.6 Å². The third kappa shape index (κ3) is 6.86. The van der Waals surface area contributed by atoms with Gasteiger partial charge in [-0.2, -0.15) is 0 Å². The largest absolute Gasteiger partial charge is 0.465 e. The fraction of sp³-hybridized carbons (Fsp3) is 0.917. The zero-order chi connectivity index (χ0) is 14.2. The van der Waals surface area contributed by atoms with Gasteiger partial charge in [-0.15, -0.1) is 0 Å². The number of hydrogen-bond acceptors (Lipinski definition) is 4. The number of nitrogens with one attached hydrogen (secondary N) is 1. The fourth-order valence-corrected chi connectivity index (χ4v) is 1.61. The SMILES string of the molecule is CCOC(=O)C(C)(CCOCC(F)F)NC(C)C. The Morgan fingerprint density at radius 2 is 2.00 bits per heavy atom. The Kier molecular flexibility index (Phi) is 8.02. The van der Waals surface area contributed by atoms with Crippen molar-refractivity contribution in [1.29, 1.82) is 0 Å². The molecule has 108 valence electrons. The number of hydrogen-bond donors (Lipinski definition) is 1. The average Bonchev–Trinajstić information content (AvgIpc) is 2.23. The zero-order valence-corrected chi connectivity index (χ0v) is 11.5. The van der Waals surface area contributed by atoms with Gasteiger partial charge >= 0.3 is 5.97 Å². The van der Waals surface area contributed by atoms with Gasteiger partial charge in [0.2, 0.25) is 0 Å². The molecule has 1 unspecified atom stereocenters. The molecule has 6 heteroatoms. The van der Waals surface area contributed by atoms with Crippen LogP contribution in [-0.4, -0.2) is 43.8 Å². The highest BCUT2D eigenvalue weighted by atomic mass is 19.3. The number of halogens is 2. The zero-order valence-electron chi connectivity index (χ0n) is 11.5. The van der Waals surface area contributed by atoms with Crippen LogP contribution < -0.4 is 5.32 Å². The van der Waals surface area contributed by atoms with Crippen molar-refractivity contribution in [3.63, 3.8) is 0 Å². The number of rotatable bonds is 9. The molecule has 0 radical (unpaired) electrons. The third-order valence-electron chi connectivity index (χ3n) is 2.32. The molecule has 0 fully saturated rings. The van der Waals surface area contributed by atoms with E-state index in [1.807, 2.05) is 13.8 Å². The van der Waals surface area contributed by atoms with E-state index in [1.54, 1.807) is 13.8 Å². The summed E-state index contributed by atoms with van der Waals surface area (Å²) in [6.45, 7) is 6.97. The van der Waals surface area contributed by atoms with E-state index in [4.69, 9.17) is 9.47 Å². The van der Waals surface area contributed by atoms with Crippen LogP contribution in [0.5, 0.6) is 0 Å². The van der Waals surface area contributed by atoms with E-state index in [-0.39, 0.29) is 31.6 Å². The van der Waals surface area contributed by atoms with Gasteiger partial charge in [0.1, 0.15) is 12.1 Å². The molecule has 0 spiro atoms. The van der Waals surface area contributed by atoms with Gasteiger partial charge in [-0.05, 0) is 34.1 Å². The molecular weight excluding hydrogens is 244 g/mol. The van der Waals surface area contributed by atoms with E-state index >= 15 is 0 Å². The molecule has 0 aromatic rings. The van der Waals surface area contributed by atoms with Crippen LogP contribution in [0.15, 0.2) is 0 Å². The van der Waals surface area contributed by atoms with Crippen LogP contribution in [-0.2, 0) is 14.3 Å². The Hall–Kier alpha value is -0.750. The van der Waals surface area contributed by atoms with E-state index < -0.39 is 18.6 Å². The van der Waals surface area contributed by atoms with Gasteiger partial charge in [-0.1, -0.05) is 0 Å². The Labute approximate surface area is 107 Å². The van der Waals surface area contributed by atoms with Crippen LogP contribution >= 0.6 is 0 Å². The maximum atomic E-state index is 11.9. The van der Waals surface area contributed by atoms with Crippen molar-refractivity contribution >= 4 is 5.97 Å². The second kappa shape index (κ2) is 8.37. The normalized spacial score (nSPS) is 14.9.